The molecule has 5 nitrogen and oxygen atoms in total. The van der Waals surface area contributed by atoms with Crippen molar-refractivity contribution in [1.29, 1.82) is 0 Å². The van der Waals surface area contributed by atoms with Crippen LogP contribution >= 0.6 is 24.0 Å². The molecule has 3 rings (SSSR count). The molecule has 2 saturated carbocycles. The lowest BCUT2D eigenvalue weighted by Gasteiger charge is -2.39. The zero-order chi connectivity index (χ0) is 18.7. The third-order valence-electron chi connectivity index (χ3n) is 6.74. The largest absolute Gasteiger partial charge is 0.376 e. The lowest BCUT2D eigenvalue weighted by atomic mass is 9.92. The summed E-state index contributed by atoms with van der Waals surface area (Å²) in [6.07, 6.45) is 18.0. The Morgan fingerprint density at radius 1 is 0.893 bits per heavy atom. The van der Waals surface area contributed by atoms with E-state index in [4.69, 9.17) is 4.74 Å². The van der Waals surface area contributed by atoms with Crippen LogP contribution in [-0.2, 0) is 4.74 Å². The molecule has 1 aliphatic heterocycles. The van der Waals surface area contributed by atoms with Gasteiger partial charge in [-0.15, -0.1) is 24.0 Å². The number of rotatable bonds is 6. The second kappa shape index (κ2) is 14.0. The Balaban J connectivity index is 0.00000280. The highest BCUT2D eigenvalue weighted by Gasteiger charge is 2.26. The van der Waals surface area contributed by atoms with E-state index in [1.165, 1.54) is 96.6 Å². The Hall–Kier alpha value is -0.0800. The van der Waals surface area contributed by atoms with Gasteiger partial charge in [0.1, 0.15) is 0 Å². The molecule has 28 heavy (non-hydrogen) atoms. The lowest BCUT2D eigenvalue weighted by molar-refractivity contribution is 0.0467. The number of ether oxygens (including phenoxy) is 1. The SMILES string of the molecule is CN=C(NCCOC1CCCCCC1)NC1CCN(C2CCCCC2)CC1.I. The van der Waals surface area contributed by atoms with Crippen LogP contribution in [0.2, 0.25) is 0 Å². The number of halogens is 1. The molecule has 0 aromatic heterocycles. The number of hydrogen-bond acceptors (Lipinski definition) is 3. The molecule has 164 valence electrons. The van der Waals surface area contributed by atoms with E-state index < -0.39 is 0 Å². The summed E-state index contributed by atoms with van der Waals surface area (Å²) >= 11 is 0. The van der Waals surface area contributed by atoms with Gasteiger partial charge in [0.15, 0.2) is 5.96 Å². The monoisotopic (exact) mass is 506 g/mol. The summed E-state index contributed by atoms with van der Waals surface area (Å²) in [6, 6.07) is 1.41. The average molecular weight is 507 g/mol. The standard InChI is InChI=1S/C22H42N4O.HI/c1-23-22(24-15-18-27-21-11-7-2-3-8-12-21)25-19-13-16-26(17-14-19)20-9-5-4-6-10-20;/h19-21H,2-18H2,1H3,(H2,23,24,25);1H. The first-order chi connectivity index (χ1) is 13.3. The molecule has 1 saturated heterocycles. The normalized spacial score (nSPS) is 24.4. The average Bonchev–Trinajstić information content (AvgIpc) is 3.00. The van der Waals surface area contributed by atoms with Gasteiger partial charge in [-0.25, -0.2) is 0 Å². The molecular weight excluding hydrogens is 463 g/mol. The first-order valence-corrected chi connectivity index (χ1v) is 11.7. The molecule has 3 aliphatic rings. The van der Waals surface area contributed by atoms with Crippen LogP contribution < -0.4 is 10.6 Å². The van der Waals surface area contributed by atoms with Crippen LogP contribution in [0.1, 0.15) is 83.5 Å². The Labute approximate surface area is 189 Å². The van der Waals surface area contributed by atoms with Crippen LogP contribution in [0.4, 0.5) is 0 Å². The molecule has 1 heterocycles. The van der Waals surface area contributed by atoms with Crippen molar-refractivity contribution in [3.63, 3.8) is 0 Å². The van der Waals surface area contributed by atoms with E-state index in [2.05, 4.69) is 20.5 Å². The molecule has 6 heteroatoms. The zero-order valence-electron chi connectivity index (χ0n) is 18.0. The van der Waals surface area contributed by atoms with E-state index in [1.807, 2.05) is 7.05 Å². The van der Waals surface area contributed by atoms with Crippen molar-refractivity contribution < 1.29 is 4.74 Å². The van der Waals surface area contributed by atoms with Crippen LogP contribution in [0.3, 0.4) is 0 Å². The molecule has 2 N–H and O–H groups in total. The Bertz CT molecular complexity index is 426. The van der Waals surface area contributed by atoms with Crippen LogP contribution in [0.15, 0.2) is 4.99 Å². The van der Waals surface area contributed by atoms with Crippen molar-refractivity contribution in [3.05, 3.63) is 0 Å². The molecule has 0 unspecified atom stereocenters. The fourth-order valence-corrected chi connectivity index (χ4v) is 5.05. The summed E-state index contributed by atoms with van der Waals surface area (Å²) in [4.78, 5) is 7.16. The second-order valence-electron chi connectivity index (χ2n) is 8.73. The summed E-state index contributed by atoms with van der Waals surface area (Å²) < 4.78 is 6.08. The van der Waals surface area contributed by atoms with Gasteiger partial charge in [0.2, 0.25) is 0 Å². The Kier molecular flexibility index (Phi) is 12.1. The zero-order valence-corrected chi connectivity index (χ0v) is 20.3. The maximum absolute atomic E-state index is 6.08. The summed E-state index contributed by atoms with van der Waals surface area (Å²) in [7, 11) is 1.87. The van der Waals surface area contributed by atoms with Crippen molar-refractivity contribution in [2.75, 3.05) is 33.3 Å². The molecule has 0 radical (unpaired) electrons. The van der Waals surface area contributed by atoms with Crippen LogP contribution in [0.5, 0.6) is 0 Å². The van der Waals surface area contributed by atoms with Gasteiger partial charge in [-0.1, -0.05) is 44.9 Å². The highest BCUT2D eigenvalue weighted by Crippen LogP contribution is 2.25. The number of aliphatic imine (C=N–C) groups is 1. The fourth-order valence-electron chi connectivity index (χ4n) is 5.05. The van der Waals surface area contributed by atoms with Crippen molar-refractivity contribution >= 4 is 29.9 Å². The highest BCUT2D eigenvalue weighted by atomic mass is 127. The van der Waals surface area contributed by atoms with Crippen molar-refractivity contribution in [3.8, 4) is 0 Å². The number of guanidine groups is 1. The van der Waals surface area contributed by atoms with Gasteiger partial charge in [-0.2, -0.15) is 0 Å². The highest BCUT2D eigenvalue weighted by molar-refractivity contribution is 14.0. The van der Waals surface area contributed by atoms with E-state index in [0.717, 1.165) is 25.2 Å². The third-order valence-corrected chi connectivity index (χ3v) is 6.74. The van der Waals surface area contributed by atoms with E-state index in [9.17, 15) is 0 Å². The number of nitrogens with zero attached hydrogens (tertiary/aromatic N) is 2. The third kappa shape index (κ3) is 8.34. The van der Waals surface area contributed by atoms with Crippen molar-refractivity contribution in [1.82, 2.24) is 15.5 Å². The first-order valence-electron chi connectivity index (χ1n) is 11.7. The number of piperidine rings is 1. The number of nitrogens with one attached hydrogen (secondary N) is 2. The van der Waals surface area contributed by atoms with E-state index >= 15 is 0 Å². The van der Waals surface area contributed by atoms with Crippen LogP contribution in [0.25, 0.3) is 0 Å². The predicted octanol–water partition coefficient (Wildman–Crippen LogP) is 4.31. The lowest BCUT2D eigenvalue weighted by Crippen LogP contribution is -2.51. The minimum absolute atomic E-state index is 0. The molecular formula is C22H43IN4O. The Morgan fingerprint density at radius 3 is 2.14 bits per heavy atom. The van der Waals surface area contributed by atoms with Crippen molar-refractivity contribution in [2.45, 2.75) is 102 Å². The van der Waals surface area contributed by atoms with Gasteiger partial charge in [-0.05, 0) is 38.5 Å². The fraction of sp³-hybridized carbons (Fsp3) is 0.955. The number of hydrogen-bond donors (Lipinski definition) is 2. The molecule has 3 fully saturated rings. The molecule has 0 bridgehead atoms. The van der Waals surface area contributed by atoms with Crippen molar-refractivity contribution in [2.24, 2.45) is 4.99 Å². The molecule has 0 atom stereocenters. The van der Waals surface area contributed by atoms with Gasteiger partial charge < -0.3 is 20.3 Å². The predicted molar refractivity (Wildman–Crippen MR) is 129 cm³/mol. The molecule has 2 aliphatic carbocycles. The van der Waals surface area contributed by atoms with Gasteiger partial charge in [-0.3, -0.25) is 4.99 Å². The van der Waals surface area contributed by atoms with E-state index in [-0.39, 0.29) is 24.0 Å². The summed E-state index contributed by atoms with van der Waals surface area (Å²) in [5.41, 5.74) is 0. The quantitative estimate of drug-likeness (QED) is 0.185. The van der Waals surface area contributed by atoms with Crippen LogP contribution in [0, 0.1) is 0 Å². The van der Waals surface area contributed by atoms with Gasteiger partial charge in [0.25, 0.3) is 0 Å². The summed E-state index contributed by atoms with van der Waals surface area (Å²) in [5.74, 6) is 0.940. The Morgan fingerprint density at radius 2 is 1.50 bits per heavy atom. The summed E-state index contributed by atoms with van der Waals surface area (Å²) in [6.45, 7) is 4.11. The van der Waals surface area contributed by atoms with Crippen LogP contribution in [-0.4, -0.2) is 62.3 Å². The molecule has 0 spiro atoms. The maximum Gasteiger partial charge on any atom is 0.191 e. The summed E-state index contributed by atoms with van der Waals surface area (Å²) in [5, 5.41) is 7.08. The first kappa shape index (κ1) is 24.2. The molecule has 0 aromatic carbocycles. The number of likely N-dealkylation sites (tertiary alicyclic amines) is 1. The topological polar surface area (TPSA) is 48.9 Å². The van der Waals surface area contributed by atoms with Gasteiger partial charge >= 0.3 is 0 Å². The smallest absolute Gasteiger partial charge is 0.191 e. The van der Waals surface area contributed by atoms with E-state index in [0.29, 0.717) is 12.1 Å². The minimum Gasteiger partial charge on any atom is -0.376 e. The minimum atomic E-state index is 0. The maximum atomic E-state index is 6.08. The molecule has 0 amide bonds. The van der Waals surface area contributed by atoms with E-state index in [1.54, 1.807) is 0 Å². The second-order valence-corrected chi connectivity index (χ2v) is 8.73. The van der Waals surface area contributed by atoms with Gasteiger partial charge in [0.05, 0.1) is 12.7 Å². The van der Waals surface area contributed by atoms with Gasteiger partial charge in [0, 0.05) is 38.8 Å². The molecule has 0 aromatic rings.